The molecule has 0 saturated carbocycles. The van der Waals surface area contributed by atoms with E-state index in [1.165, 1.54) is 0 Å². The Morgan fingerprint density at radius 3 is 1.52 bits per heavy atom. The molecule has 192 valence electrons. The van der Waals surface area contributed by atoms with Gasteiger partial charge in [-0.25, -0.2) is 14.4 Å². The lowest BCUT2D eigenvalue weighted by molar-refractivity contribution is -0.123. The van der Waals surface area contributed by atoms with Gasteiger partial charge in [-0.2, -0.15) is 0 Å². The van der Waals surface area contributed by atoms with Crippen LogP contribution in [0.25, 0.3) is 0 Å². The first-order valence-electron chi connectivity index (χ1n) is 10.8. The third kappa shape index (κ3) is 22.2. The van der Waals surface area contributed by atoms with E-state index in [1.54, 1.807) is 0 Å². The van der Waals surface area contributed by atoms with Crippen LogP contribution in [0.15, 0.2) is 0 Å². The second-order valence-electron chi connectivity index (χ2n) is 6.80. The van der Waals surface area contributed by atoms with E-state index in [-0.39, 0.29) is 13.0 Å². The molecule has 1 unspecified atom stereocenters. The summed E-state index contributed by atoms with van der Waals surface area (Å²) in [6.45, 7) is 3.30. The molecule has 0 heterocycles. The van der Waals surface area contributed by atoms with Gasteiger partial charge in [0.25, 0.3) is 0 Å². The van der Waals surface area contributed by atoms with Gasteiger partial charge < -0.3 is 50.8 Å². The summed E-state index contributed by atoms with van der Waals surface area (Å²) in [7, 11) is 0. The SMILES string of the molecule is O=C(O)NCCCCC(NC(=O)O)C(=O)NCCCOCCOCCOCCCNC(=O)O. The van der Waals surface area contributed by atoms with Crippen LogP contribution >= 0.6 is 0 Å². The second kappa shape index (κ2) is 21.0. The predicted molar refractivity (Wildman–Crippen MR) is 116 cm³/mol. The first-order valence-corrected chi connectivity index (χ1v) is 10.8. The number of carbonyl (C=O) groups is 4. The molecular weight excluding hydrogens is 444 g/mol. The molecule has 0 aliphatic carbocycles. The Balaban J connectivity index is 3.63. The maximum atomic E-state index is 12.2. The van der Waals surface area contributed by atoms with E-state index < -0.39 is 30.2 Å². The van der Waals surface area contributed by atoms with Gasteiger partial charge in [0.05, 0.1) is 26.4 Å². The van der Waals surface area contributed by atoms with Gasteiger partial charge in [-0.3, -0.25) is 4.79 Å². The highest BCUT2D eigenvalue weighted by Gasteiger charge is 2.19. The summed E-state index contributed by atoms with van der Waals surface area (Å²) in [5, 5.41) is 35.0. The third-order valence-corrected chi connectivity index (χ3v) is 4.06. The number of unbranched alkanes of at least 4 members (excludes halogenated alkanes) is 1. The Kier molecular flexibility index (Phi) is 19.2. The van der Waals surface area contributed by atoms with Crippen LogP contribution in [0.2, 0.25) is 0 Å². The van der Waals surface area contributed by atoms with Crippen LogP contribution < -0.4 is 21.3 Å². The fraction of sp³-hybridized carbons (Fsp3) is 0.789. The number of ether oxygens (including phenoxy) is 3. The Bertz CT molecular complexity index is 565. The smallest absolute Gasteiger partial charge is 0.405 e. The van der Waals surface area contributed by atoms with Gasteiger partial charge in [0.15, 0.2) is 0 Å². The maximum absolute atomic E-state index is 12.2. The molecule has 0 rings (SSSR count). The molecule has 0 aliphatic heterocycles. The average molecular weight is 481 g/mol. The molecule has 0 aromatic carbocycles. The van der Waals surface area contributed by atoms with Crippen LogP contribution in [-0.2, 0) is 19.0 Å². The van der Waals surface area contributed by atoms with Crippen LogP contribution in [-0.4, -0.2) is 105 Å². The summed E-state index contributed by atoms with van der Waals surface area (Å²) in [4.78, 5) is 43.6. The zero-order valence-electron chi connectivity index (χ0n) is 18.7. The van der Waals surface area contributed by atoms with Gasteiger partial charge in [-0.15, -0.1) is 0 Å². The summed E-state index contributed by atoms with van der Waals surface area (Å²) >= 11 is 0. The quantitative estimate of drug-likeness (QED) is 0.112. The Morgan fingerprint density at radius 1 is 0.576 bits per heavy atom. The fourth-order valence-electron chi connectivity index (χ4n) is 2.51. The number of carbonyl (C=O) groups excluding carboxylic acids is 1. The summed E-state index contributed by atoms with van der Waals surface area (Å²) in [6.07, 6.45) is -1.13. The van der Waals surface area contributed by atoms with Crippen LogP contribution in [0, 0.1) is 0 Å². The molecule has 14 nitrogen and oxygen atoms in total. The molecule has 0 aromatic heterocycles. The van der Waals surface area contributed by atoms with E-state index in [4.69, 9.17) is 29.5 Å². The fourth-order valence-corrected chi connectivity index (χ4v) is 2.51. The van der Waals surface area contributed by atoms with Gasteiger partial charge in [0.2, 0.25) is 5.91 Å². The van der Waals surface area contributed by atoms with Gasteiger partial charge in [-0.1, -0.05) is 0 Å². The molecule has 4 amide bonds. The highest BCUT2D eigenvalue weighted by Crippen LogP contribution is 2.01. The van der Waals surface area contributed by atoms with Crippen LogP contribution in [0.5, 0.6) is 0 Å². The topological polar surface area (TPSA) is 205 Å². The van der Waals surface area contributed by atoms with Gasteiger partial charge in [0.1, 0.15) is 6.04 Å². The molecule has 33 heavy (non-hydrogen) atoms. The summed E-state index contributed by atoms with van der Waals surface area (Å²) in [5.41, 5.74) is 0. The monoisotopic (exact) mass is 480 g/mol. The second-order valence-corrected chi connectivity index (χ2v) is 6.80. The molecule has 14 heteroatoms. The predicted octanol–water partition coefficient (Wildman–Crippen LogP) is 0.274. The molecule has 1 atom stereocenters. The molecule has 0 spiro atoms. The van der Waals surface area contributed by atoms with E-state index in [1.807, 2.05) is 0 Å². The largest absolute Gasteiger partial charge is 0.465 e. The summed E-state index contributed by atoms with van der Waals surface area (Å²) in [6, 6.07) is -0.905. The first-order chi connectivity index (χ1) is 15.8. The van der Waals surface area contributed by atoms with Crippen molar-refractivity contribution in [1.29, 1.82) is 0 Å². The Hall–Kier alpha value is -2.84. The van der Waals surface area contributed by atoms with Crippen LogP contribution in [0.1, 0.15) is 32.1 Å². The van der Waals surface area contributed by atoms with Crippen molar-refractivity contribution in [2.24, 2.45) is 0 Å². The van der Waals surface area contributed by atoms with E-state index >= 15 is 0 Å². The first kappa shape index (κ1) is 30.2. The van der Waals surface area contributed by atoms with E-state index in [0.717, 1.165) is 0 Å². The van der Waals surface area contributed by atoms with Crippen LogP contribution in [0.4, 0.5) is 14.4 Å². The van der Waals surface area contributed by atoms with Gasteiger partial charge in [-0.05, 0) is 32.1 Å². The van der Waals surface area contributed by atoms with Gasteiger partial charge in [0, 0.05) is 32.8 Å². The number of nitrogens with one attached hydrogen (secondary N) is 4. The number of rotatable bonds is 21. The number of hydrogen-bond donors (Lipinski definition) is 7. The molecule has 0 radical (unpaired) electrons. The zero-order valence-corrected chi connectivity index (χ0v) is 18.7. The molecule has 0 saturated heterocycles. The maximum Gasteiger partial charge on any atom is 0.405 e. The minimum absolute atomic E-state index is 0.233. The molecule has 0 fully saturated rings. The van der Waals surface area contributed by atoms with Crippen molar-refractivity contribution < 1.29 is 48.7 Å². The van der Waals surface area contributed by atoms with Crippen molar-refractivity contribution in [3.63, 3.8) is 0 Å². The average Bonchev–Trinajstić information content (AvgIpc) is 2.74. The molecule has 0 aliphatic rings. The van der Waals surface area contributed by atoms with E-state index in [0.29, 0.717) is 78.4 Å². The number of amides is 4. The molecule has 0 aromatic rings. The molecule has 7 N–H and O–H groups in total. The van der Waals surface area contributed by atoms with Crippen molar-refractivity contribution in [2.75, 3.05) is 59.3 Å². The lowest BCUT2D eigenvalue weighted by Gasteiger charge is -2.16. The number of hydrogen-bond acceptors (Lipinski definition) is 7. The summed E-state index contributed by atoms with van der Waals surface area (Å²) < 4.78 is 16.0. The summed E-state index contributed by atoms with van der Waals surface area (Å²) in [5.74, 6) is -0.439. The standard InChI is InChI=1S/C19H36N4O10/c24-16(15(23-19(29)30)5-1-2-6-21-17(25)26)20-7-3-9-31-11-13-33-14-12-32-10-4-8-22-18(27)28/h15,21-23H,1-14H2,(H,20,24)(H,25,26)(H,27,28)(H,29,30). The lowest BCUT2D eigenvalue weighted by Crippen LogP contribution is -2.46. The van der Waals surface area contributed by atoms with E-state index in [9.17, 15) is 19.2 Å². The lowest BCUT2D eigenvalue weighted by atomic mass is 10.1. The molecule has 0 bridgehead atoms. The van der Waals surface area contributed by atoms with Crippen molar-refractivity contribution >= 4 is 24.2 Å². The van der Waals surface area contributed by atoms with E-state index in [2.05, 4.69) is 21.3 Å². The molecular formula is C19H36N4O10. The van der Waals surface area contributed by atoms with Crippen molar-refractivity contribution in [3.05, 3.63) is 0 Å². The van der Waals surface area contributed by atoms with Gasteiger partial charge >= 0.3 is 18.3 Å². The zero-order chi connectivity index (χ0) is 24.7. The Labute approximate surface area is 192 Å². The van der Waals surface area contributed by atoms with Crippen molar-refractivity contribution in [1.82, 2.24) is 21.3 Å². The van der Waals surface area contributed by atoms with Crippen molar-refractivity contribution in [3.8, 4) is 0 Å². The van der Waals surface area contributed by atoms with Crippen LogP contribution in [0.3, 0.4) is 0 Å². The minimum Gasteiger partial charge on any atom is -0.465 e. The Morgan fingerprint density at radius 2 is 1.03 bits per heavy atom. The highest BCUT2D eigenvalue weighted by atomic mass is 16.5. The minimum atomic E-state index is -1.30. The highest BCUT2D eigenvalue weighted by molar-refractivity contribution is 5.85. The normalized spacial score (nSPS) is 11.4. The van der Waals surface area contributed by atoms with Crippen molar-refractivity contribution in [2.45, 2.75) is 38.1 Å². The number of carboxylic acid groups (broad SMARTS) is 3. The third-order valence-electron chi connectivity index (χ3n) is 4.06.